The molecule has 29 heavy (non-hydrogen) atoms. The Morgan fingerprint density at radius 1 is 1.17 bits per heavy atom. The average Bonchev–Trinajstić information content (AvgIpc) is 2.71. The molecule has 0 aliphatic heterocycles. The molecule has 2 unspecified atom stereocenters. The minimum Gasteiger partial charge on any atom is -0.481 e. The van der Waals surface area contributed by atoms with Crippen molar-refractivity contribution in [2.45, 2.75) is 80.6 Å². The smallest absolute Gasteiger partial charge is 0.306 e. The monoisotopic (exact) mass is 409 g/mol. The number of hydroxylamine groups is 1. The van der Waals surface area contributed by atoms with Crippen LogP contribution in [0.5, 0.6) is 0 Å². The number of hydrogen-bond donors (Lipinski definition) is 2. The minimum absolute atomic E-state index is 0.0521. The van der Waals surface area contributed by atoms with E-state index in [1.54, 1.807) is 6.07 Å². The molecule has 1 fully saturated rings. The number of benzene rings is 1. The standard InChI is InChI=1S/C12H17NO2.C8H14O2.2C2H6/c1-9(2)7-10-5-4-6-11(8-10)12(14)13-15-3;1-6-3-2-4-7(5-6)8(9)10;2*1-2/h4-6,8-9H,7H2,1-3H3,(H,13,14);6-7H,2-5H2,1H3,(H,9,10);2*1-2H3. The second kappa shape index (κ2) is 18.2. The first-order valence-corrected chi connectivity index (χ1v) is 11.0. The van der Waals surface area contributed by atoms with Gasteiger partial charge in [-0.05, 0) is 48.8 Å². The normalized spacial score (nSPS) is 17.4. The molecule has 1 amide bonds. The molecule has 5 heteroatoms. The molecular weight excluding hydrogens is 366 g/mol. The van der Waals surface area contributed by atoms with E-state index in [9.17, 15) is 9.59 Å². The summed E-state index contributed by atoms with van der Waals surface area (Å²) in [5.41, 5.74) is 4.11. The zero-order valence-corrected chi connectivity index (χ0v) is 19.7. The molecule has 1 aliphatic carbocycles. The van der Waals surface area contributed by atoms with Gasteiger partial charge in [0.15, 0.2) is 0 Å². The third kappa shape index (κ3) is 13.9. The van der Waals surface area contributed by atoms with Crippen molar-refractivity contribution in [3.05, 3.63) is 35.4 Å². The van der Waals surface area contributed by atoms with Gasteiger partial charge in [0, 0.05) is 5.56 Å². The van der Waals surface area contributed by atoms with Crippen molar-refractivity contribution < 1.29 is 19.5 Å². The SMILES string of the molecule is CC.CC.CC1CCCC(C(=O)O)C1.CONC(=O)c1cccc(CC(C)C)c1. The molecule has 2 atom stereocenters. The lowest BCUT2D eigenvalue weighted by Gasteiger charge is -2.22. The number of aliphatic carboxylic acids is 1. The van der Waals surface area contributed by atoms with Crippen LogP contribution in [0.4, 0.5) is 0 Å². The summed E-state index contributed by atoms with van der Waals surface area (Å²) in [6, 6.07) is 7.60. The summed E-state index contributed by atoms with van der Waals surface area (Å²) in [4.78, 5) is 26.5. The number of amides is 1. The summed E-state index contributed by atoms with van der Waals surface area (Å²) in [5.74, 6) is 0.346. The number of carbonyl (C=O) groups is 2. The number of hydrogen-bond acceptors (Lipinski definition) is 3. The molecule has 2 rings (SSSR count). The van der Waals surface area contributed by atoms with Crippen LogP contribution < -0.4 is 5.48 Å². The molecule has 1 aromatic rings. The third-order valence-corrected chi connectivity index (χ3v) is 4.31. The Bertz CT molecular complexity index is 558. The Morgan fingerprint density at radius 2 is 1.79 bits per heavy atom. The van der Waals surface area contributed by atoms with Crippen LogP contribution in [0.15, 0.2) is 24.3 Å². The molecule has 5 nitrogen and oxygen atoms in total. The van der Waals surface area contributed by atoms with Crippen LogP contribution in [0.25, 0.3) is 0 Å². The van der Waals surface area contributed by atoms with Gasteiger partial charge >= 0.3 is 5.97 Å². The lowest BCUT2D eigenvalue weighted by Crippen LogP contribution is -2.21. The number of carbonyl (C=O) groups excluding carboxylic acids is 1. The van der Waals surface area contributed by atoms with E-state index in [1.165, 1.54) is 19.1 Å². The fourth-order valence-corrected chi connectivity index (χ4v) is 3.12. The molecule has 0 heterocycles. The summed E-state index contributed by atoms with van der Waals surface area (Å²) in [5, 5.41) is 8.66. The molecule has 168 valence electrons. The van der Waals surface area contributed by atoms with Crippen molar-refractivity contribution in [3.63, 3.8) is 0 Å². The zero-order valence-electron chi connectivity index (χ0n) is 19.7. The van der Waals surface area contributed by atoms with Crippen molar-refractivity contribution in [3.8, 4) is 0 Å². The van der Waals surface area contributed by atoms with Gasteiger partial charge in [0.2, 0.25) is 0 Å². The van der Waals surface area contributed by atoms with Crippen LogP contribution in [0.3, 0.4) is 0 Å². The highest BCUT2D eigenvalue weighted by molar-refractivity contribution is 5.93. The summed E-state index contributed by atoms with van der Waals surface area (Å²) >= 11 is 0. The highest BCUT2D eigenvalue weighted by Gasteiger charge is 2.23. The molecule has 2 N–H and O–H groups in total. The van der Waals surface area contributed by atoms with E-state index in [2.05, 4.69) is 31.1 Å². The topological polar surface area (TPSA) is 75.6 Å². The van der Waals surface area contributed by atoms with Gasteiger partial charge in [-0.2, -0.15) is 0 Å². The highest BCUT2D eigenvalue weighted by atomic mass is 16.6. The molecule has 0 spiro atoms. The Balaban J connectivity index is 0. The number of rotatable bonds is 5. The van der Waals surface area contributed by atoms with E-state index in [-0.39, 0.29) is 11.8 Å². The van der Waals surface area contributed by atoms with E-state index in [4.69, 9.17) is 5.11 Å². The molecule has 0 radical (unpaired) electrons. The molecule has 1 aliphatic rings. The Hall–Kier alpha value is -1.88. The van der Waals surface area contributed by atoms with Crippen LogP contribution in [0.2, 0.25) is 0 Å². The maximum atomic E-state index is 11.4. The number of nitrogens with one attached hydrogen (secondary N) is 1. The second-order valence-corrected chi connectivity index (χ2v) is 7.24. The van der Waals surface area contributed by atoms with Gasteiger partial charge in [0.25, 0.3) is 5.91 Å². The van der Waals surface area contributed by atoms with Crippen molar-refractivity contribution in [1.82, 2.24) is 5.48 Å². The average molecular weight is 410 g/mol. The van der Waals surface area contributed by atoms with Crippen LogP contribution in [-0.4, -0.2) is 24.1 Å². The van der Waals surface area contributed by atoms with Gasteiger partial charge in [-0.25, -0.2) is 5.48 Å². The summed E-state index contributed by atoms with van der Waals surface area (Å²) in [7, 11) is 1.43. The van der Waals surface area contributed by atoms with Gasteiger partial charge in [0.1, 0.15) is 0 Å². The van der Waals surface area contributed by atoms with E-state index in [0.717, 1.165) is 25.7 Å². The first kappa shape index (κ1) is 29.3. The predicted octanol–water partition coefficient (Wildman–Crippen LogP) is 6.13. The fraction of sp³-hybridized carbons (Fsp3) is 0.667. The first-order chi connectivity index (χ1) is 13.8. The maximum absolute atomic E-state index is 11.4. The van der Waals surface area contributed by atoms with E-state index in [0.29, 0.717) is 17.4 Å². The molecule has 0 bridgehead atoms. The fourth-order valence-electron chi connectivity index (χ4n) is 3.12. The van der Waals surface area contributed by atoms with Crippen LogP contribution >= 0.6 is 0 Å². The summed E-state index contributed by atoms with van der Waals surface area (Å²) < 4.78 is 0. The van der Waals surface area contributed by atoms with Gasteiger partial charge < -0.3 is 5.11 Å². The Kier molecular flexibility index (Phi) is 18.4. The Morgan fingerprint density at radius 3 is 2.24 bits per heavy atom. The lowest BCUT2D eigenvalue weighted by atomic mass is 9.83. The molecular formula is C24H43NO4. The lowest BCUT2D eigenvalue weighted by molar-refractivity contribution is -0.143. The summed E-state index contributed by atoms with van der Waals surface area (Å²) in [6.07, 6.45) is 5.06. The van der Waals surface area contributed by atoms with Gasteiger partial charge in [0.05, 0.1) is 13.0 Å². The zero-order chi connectivity index (χ0) is 22.8. The van der Waals surface area contributed by atoms with Gasteiger partial charge in [-0.1, -0.05) is 73.4 Å². The first-order valence-electron chi connectivity index (χ1n) is 11.0. The van der Waals surface area contributed by atoms with Crippen LogP contribution in [0.1, 0.15) is 90.1 Å². The van der Waals surface area contributed by atoms with E-state index >= 15 is 0 Å². The number of carboxylic acid groups (broad SMARTS) is 1. The van der Waals surface area contributed by atoms with E-state index in [1.807, 2.05) is 45.9 Å². The van der Waals surface area contributed by atoms with Crippen LogP contribution in [0, 0.1) is 17.8 Å². The summed E-state index contributed by atoms with van der Waals surface area (Å²) in [6.45, 7) is 14.4. The van der Waals surface area contributed by atoms with Crippen LogP contribution in [-0.2, 0) is 16.1 Å². The molecule has 1 aromatic carbocycles. The Labute approximate surface area is 178 Å². The second-order valence-electron chi connectivity index (χ2n) is 7.24. The van der Waals surface area contributed by atoms with Crippen molar-refractivity contribution in [2.75, 3.05) is 7.11 Å². The number of carboxylic acids is 1. The van der Waals surface area contributed by atoms with E-state index < -0.39 is 5.97 Å². The molecule has 0 aromatic heterocycles. The third-order valence-electron chi connectivity index (χ3n) is 4.31. The predicted molar refractivity (Wildman–Crippen MR) is 121 cm³/mol. The van der Waals surface area contributed by atoms with Crippen molar-refractivity contribution in [2.24, 2.45) is 17.8 Å². The minimum atomic E-state index is -0.605. The maximum Gasteiger partial charge on any atom is 0.306 e. The van der Waals surface area contributed by atoms with Crippen molar-refractivity contribution in [1.29, 1.82) is 0 Å². The van der Waals surface area contributed by atoms with Crippen molar-refractivity contribution >= 4 is 11.9 Å². The van der Waals surface area contributed by atoms with Gasteiger partial charge in [-0.3, -0.25) is 14.4 Å². The molecule has 0 saturated heterocycles. The largest absolute Gasteiger partial charge is 0.481 e. The molecule has 1 saturated carbocycles. The highest BCUT2D eigenvalue weighted by Crippen LogP contribution is 2.28. The quantitative estimate of drug-likeness (QED) is 0.574. The van der Waals surface area contributed by atoms with Gasteiger partial charge in [-0.15, -0.1) is 0 Å².